The van der Waals surface area contributed by atoms with E-state index in [2.05, 4.69) is 36.7 Å². The molecule has 0 aliphatic carbocycles. The summed E-state index contributed by atoms with van der Waals surface area (Å²) in [6.07, 6.45) is 1.68. The second-order valence-electron chi connectivity index (χ2n) is 8.43. The quantitative estimate of drug-likeness (QED) is 0.418. The highest BCUT2D eigenvalue weighted by atomic mass is 19.1. The third-order valence-electron chi connectivity index (χ3n) is 6.39. The largest absolute Gasteiger partial charge is 0.382 e. The molecule has 0 spiro atoms. The van der Waals surface area contributed by atoms with Gasteiger partial charge in [0.05, 0.1) is 41.9 Å². The van der Waals surface area contributed by atoms with Gasteiger partial charge in [0.15, 0.2) is 5.82 Å². The molecule has 2 aromatic carbocycles. The van der Waals surface area contributed by atoms with Crippen molar-refractivity contribution in [3.05, 3.63) is 65.9 Å². The Kier molecular flexibility index (Phi) is 6.53. The van der Waals surface area contributed by atoms with E-state index >= 15 is 0 Å². The number of aromatic nitrogens is 4. The van der Waals surface area contributed by atoms with Crippen molar-refractivity contribution < 1.29 is 14.2 Å². The molecule has 5 rings (SSSR count). The summed E-state index contributed by atoms with van der Waals surface area (Å²) in [6.45, 7) is 6.60. The van der Waals surface area contributed by atoms with Crippen molar-refractivity contribution in [3.63, 3.8) is 0 Å². The number of aliphatic imine (C=N–C) groups is 2. The zero-order valence-electron chi connectivity index (χ0n) is 20.1. The molecule has 0 radical (unpaired) electrons. The highest BCUT2D eigenvalue weighted by Gasteiger charge is 2.25. The fraction of sp³-hybridized carbons (Fsp3) is 0.269. The van der Waals surface area contributed by atoms with Gasteiger partial charge in [-0.25, -0.2) is 19.4 Å². The van der Waals surface area contributed by atoms with Gasteiger partial charge in [0.25, 0.3) is 0 Å². The number of anilines is 1. The number of morpholine rings is 1. The van der Waals surface area contributed by atoms with Crippen molar-refractivity contribution in [2.75, 3.05) is 38.3 Å². The summed E-state index contributed by atoms with van der Waals surface area (Å²) in [7, 11) is 3.24. The SMILES string of the molecule is C=Nc1c(/C(=N\C)C(O)c2cc(-c3ncnc4cc(N5CCOCC5)ccc34)ccc2F)cnn1C. The first kappa shape index (κ1) is 23.7. The maximum absolute atomic E-state index is 15.0. The van der Waals surface area contributed by atoms with Gasteiger partial charge in [-0.1, -0.05) is 0 Å². The molecule has 10 heteroatoms. The maximum Gasteiger partial charge on any atom is 0.158 e. The molecule has 1 aliphatic rings. The Hall–Kier alpha value is -4.02. The van der Waals surface area contributed by atoms with Gasteiger partial charge in [-0.05, 0) is 43.1 Å². The van der Waals surface area contributed by atoms with E-state index in [0.717, 1.165) is 29.7 Å². The molecule has 1 saturated heterocycles. The number of aryl methyl sites for hydroxylation is 1. The molecule has 0 saturated carbocycles. The Morgan fingerprint density at radius 2 is 1.97 bits per heavy atom. The van der Waals surface area contributed by atoms with Gasteiger partial charge in [0.2, 0.25) is 0 Å². The molecular weight excluding hydrogens is 461 g/mol. The van der Waals surface area contributed by atoms with Crippen molar-refractivity contribution in [1.82, 2.24) is 19.7 Å². The second kappa shape index (κ2) is 9.92. The number of rotatable bonds is 6. The van der Waals surface area contributed by atoms with E-state index in [1.54, 1.807) is 19.2 Å². The number of ether oxygens (including phenoxy) is 1. The van der Waals surface area contributed by atoms with Crippen LogP contribution in [-0.2, 0) is 11.8 Å². The van der Waals surface area contributed by atoms with Crippen LogP contribution in [0.4, 0.5) is 15.9 Å². The van der Waals surface area contributed by atoms with E-state index in [9.17, 15) is 9.50 Å². The van der Waals surface area contributed by atoms with Crippen LogP contribution in [-0.4, -0.2) is 70.6 Å². The summed E-state index contributed by atoms with van der Waals surface area (Å²) in [5, 5.41) is 16.2. The van der Waals surface area contributed by atoms with Gasteiger partial charge >= 0.3 is 0 Å². The molecule has 1 atom stereocenters. The van der Waals surface area contributed by atoms with Gasteiger partial charge < -0.3 is 14.7 Å². The Morgan fingerprint density at radius 3 is 2.72 bits per heavy atom. The van der Waals surface area contributed by atoms with Crippen LogP contribution in [0.15, 0.2) is 58.9 Å². The minimum atomic E-state index is -1.35. The van der Waals surface area contributed by atoms with Crippen LogP contribution >= 0.6 is 0 Å². The van der Waals surface area contributed by atoms with E-state index < -0.39 is 11.9 Å². The predicted octanol–water partition coefficient (Wildman–Crippen LogP) is 3.49. The van der Waals surface area contributed by atoms with Crippen LogP contribution in [0.3, 0.4) is 0 Å². The summed E-state index contributed by atoms with van der Waals surface area (Å²) in [6, 6.07) is 10.6. The molecule has 1 aliphatic heterocycles. The molecule has 184 valence electrons. The zero-order valence-corrected chi connectivity index (χ0v) is 20.1. The molecular formula is C26H26FN7O2. The van der Waals surface area contributed by atoms with Crippen LogP contribution < -0.4 is 4.90 Å². The van der Waals surface area contributed by atoms with E-state index in [4.69, 9.17) is 4.74 Å². The minimum absolute atomic E-state index is 0.0728. The van der Waals surface area contributed by atoms with Crippen LogP contribution in [0.5, 0.6) is 0 Å². The van der Waals surface area contributed by atoms with Crippen molar-refractivity contribution in [3.8, 4) is 11.3 Å². The lowest BCUT2D eigenvalue weighted by atomic mass is 9.96. The third-order valence-corrected chi connectivity index (χ3v) is 6.39. The number of aliphatic hydroxyl groups excluding tert-OH is 1. The van der Waals surface area contributed by atoms with E-state index in [0.29, 0.717) is 35.9 Å². The lowest BCUT2D eigenvalue weighted by Gasteiger charge is -2.29. The normalized spacial score (nSPS) is 15.3. The number of halogens is 1. The number of hydrogen-bond acceptors (Lipinski definition) is 8. The smallest absolute Gasteiger partial charge is 0.158 e. The van der Waals surface area contributed by atoms with E-state index in [1.807, 2.05) is 18.2 Å². The number of aliphatic hydroxyl groups is 1. The summed E-state index contributed by atoms with van der Waals surface area (Å²) in [5.74, 6) is -0.124. The summed E-state index contributed by atoms with van der Waals surface area (Å²) < 4.78 is 22.0. The van der Waals surface area contributed by atoms with Gasteiger partial charge in [0.1, 0.15) is 18.2 Å². The zero-order chi connectivity index (χ0) is 25.2. The van der Waals surface area contributed by atoms with Crippen LogP contribution in [0.1, 0.15) is 17.2 Å². The Morgan fingerprint density at radius 1 is 1.17 bits per heavy atom. The average molecular weight is 488 g/mol. The van der Waals surface area contributed by atoms with Crippen molar-refractivity contribution in [1.29, 1.82) is 0 Å². The maximum atomic E-state index is 15.0. The lowest BCUT2D eigenvalue weighted by Crippen LogP contribution is -2.36. The minimum Gasteiger partial charge on any atom is -0.382 e. The van der Waals surface area contributed by atoms with E-state index in [-0.39, 0.29) is 11.3 Å². The summed E-state index contributed by atoms with van der Waals surface area (Å²) in [4.78, 5) is 19.4. The van der Waals surface area contributed by atoms with Crippen molar-refractivity contribution >= 4 is 34.8 Å². The first-order chi connectivity index (χ1) is 17.5. The molecule has 4 aromatic rings. The highest BCUT2D eigenvalue weighted by molar-refractivity contribution is 6.07. The fourth-order valence-corrected chi connectivity index (χ4v) is 4.53. The van der Waals surface area contributed by atoms with Gasteiger partial charge in [-0.2, -0.15) is 5.10 Å². The number of hydrogen-bond donors (Lipinski definition) is 1. The predicted molar refractivity (Wildman–Crippen MR) is 138 cm³/mol. The van der Waals surface area contributed by atoms with Crippen LogP contribution in [0, 0.1) is 5.82 Å². The van der Waals surface area contributed by atoms with Crippen LogP contribution in [0.25, 0.3) is 22.2 Å². The highest BCUT2D eigenvalue weighted by Crippen LogP contribution is 2.33. The number of benzene rings is 2. The molecule has 2 aromatic heterocycles. The second-order valence-corrected chi connectivity index (χ2v) is 8.43. The van der Waals surface area contributed by atoms with Gasteiger partial charge in [0, 0.05) is 49.4 Å². The molecule has 1 N–H and O–H groups in total. The monoisotopic (exact) mass is 487 g/mol. The van der Waals surface area contributed by atoms with E-state index in [1.165, 1.54) is 30.3 Å². The Bertz CT molecular complexity index is 1460. The van der Waals surface area contributed by atoms with Crippen molar-refractivity contribution in [2.45, 2.75) is 6.10 Å². The van der Waals surface area contributed by atoms with Gasteiger partial charge in [-0.3, -0.25) is 9.67 Å². The molecule has 3 heterocycles. The standard InChI is InChI=1S/C26H26FN7O2/c1-28-24(20-14-32-33(3)26(20)29-2)25(35)19-12-16(4-7-21(19)27)23-18-6-5-17(13-22(18)30-15-31-23)34-8-10-36-11-9-34/h4-7,12-15,25,35H,2,8-11H2,1,3H3/b28-24+. The topological polar surface area (TPSA) is 101 Å². The summed E-state index contributed by atoms with van der Waals surface area (Å²) >= 11 is 0. The summed E-state index contributed by atoms with van der Waals surface area (Å²) in [5.41, 5.74) is 3.94. The third kappa shape index (κ3) is 4.25. The number of fused-ring (bicyclic) bond motifs is 1. The molecule has 0 bridgehead atoms. The van der Waals surface area contributed by atoms with Crippen molar-refractivity contribution in [2.24, 2.45) is 17.0 Å². The molecule has 1 unspecified atom stereocenters. The molecule has 0 amide bonds. The fourth-order valence-electron chi connectivity index (χ4n) is 4.53. The Labute approximate surface area is 207 Å². The lowest BCUT2D eigenvalue weighted by molar-refractivity contribution is 0.122. The molecule has 36 heavy (non-hydrogen) atoms. The average Bonchev–Trinajstić information content (AvgIpc) is 3.29. The first-order valence-electron chi connectivity index (χ1n) is 11.5. The first-order valence-corrected chi connectivity index (χ1v) is 11.5. The Balaban J connectivity index is 1.54. The molecule has 9 nitrogen and oxygen atoms in total. The molecule has 1 fully saturated rings. The van der Waals surface area contributed by atoms with Crippen LogP contribution in [0.2, 0.25) is 0 Å². The van der Waals surface area contributed by atoms with Gasteiger partial charge in [-0.15, -0.1) is 0 Å². The number of nitrogens with zero attached hydrogens (tertiary/aromatic N) is 7.